The Bertz CT molecular complexity index is 1360. The number of halogens is 2. The van der Waals surface area contributed by atoms with E-state index in [4.69, 9.17) is 14.2 Å². The lowest BCUT2D eigenvalue weighted by Gasteiger charge is -2.22. The van der Waals surface area contributed by atoms with Crippen LogP contribution >= 0.6 is 22.6 Å². The van der Waals surface area contributed by atoms with Crippen LogP contribution in [0.15, 0.2) is 66.9 Å². The second kappa shape index (κ2) is 11.3. The molecule has 184 valence electrons. The summed E-state index contributed by atoms with van der Waals surface area (Å²) < 4.78 is 31.2. The smallest absolute Gasteiger partial charge is 0.361 e. The number of hydrogen-bond acceptors (Lipinski definition) is 6. The van der Waals surface area contributed by atoms with E-state index in [1.54, 1.807) is 18.3 Å². The fraction of sp³-hybridized carbons (Fsp3) is 0.250. The zero-order valence-corrected chi connectivity index (χ0v) is 21.6. The van der Waals surface area contributed by atoms with Gasteiger partial charge in [-0.25, -0.2) is 14.2 Å². The van der Waals surface area contributed by atoms with Gasteiger partial charge in [-0.3, -0.25) is 4.98 Å². The molecule has 8 heteroatoms. The van der Waals surface area contributed by atoms with Gasteiger partial charge in [0, 0.05) is 24.4 Å². The van der Waals surface area contributed by atoms with Crippen molar-refractivity contribution < 1.29 is 23.4 Å². The van der Waals surface area contributed by atoms with Gasteiger partial charge in [-0.15, -0.1) is 0 Å². The van der Waals surface area contributed by atoms with Crippen molar-refractivity contribution >= 4 is 39.5 Å². The standard InChI is InChI=1S/C28H24FIN2O4/c29-21-8-6-18(7-9-21)14-20-15-23-24(31-16-20)26(35-17-19-4-2-1-3-5-19)25(32-27(23)30)28(33)36-22-10-12-34-13-11-22/h1-9,15-16,22H,10-14,17H2. The maximum absolute atomic E-state index is 13.3. The van der Waals surface area contributed by atoms with Crippen LogP contribution < -0.4 is 4.74 Å². The highest BCUT2D eigenvalue weighted by atomic mass is 127. The minimum absolute atomic E-state index is 0.119. The number of hydrogen-bond donors (Lipinski definition) is 0. The Kier molecular flexibility index (Phi) is 7.72. The lowest BCUT2D eigenvalue weighted by molar-refractivity contribution is -0.0165. The molecule has 0 N–H and O–H groups in total. The average molecular weight is 598 g/mol. The SMILES string of the molecule is O=C(OC1CCOCC1)c1nc(I)c2cc(Cc3ccc(F)cc3)cnc2c1OCc1ccccc1. The summed E-state index contributed by atoms with van der Waals surface area (Å²) in [6.45, 7) is 1.39. The summed E-state index contributed by atoms with van der Waals surface area (Å²) >= 11 is 2.11. The summed E-state index contributed by atoms with van der Waals surface area (Å²) in [5.41, 5.74) is 3.54. The normalized spacial score (nSPS) is 14.1. The van der Waals surface area contributed by atoms with Crippen molar-refractivity contribution in [3.05, 3.63) is 98.8 Å². The van der Waals surface area contributed by atoms with E-state index in [1.165, 1.54) is 12.1 Å². The Morgan fingerprint density at radius 1 is 1.03 bits per heavy atom. The van der Waals surface area contributed by atoms with Gasteiger partial charge in [0.2, 0.25) is 0 Å². The first kappa shape index (κ1) is 24.6. The Labute approximate surface area is 222 Å². The first-order valence-corrected chi connectivity index (χ1v) is 12.8. The molecule has 1 aliphatic rings. The van der Waals surface area contributed by atoms with Gasteiger partial charge in [-0.1, -0.05) is 42.5 Å². The summed E-state index contributed by atoms with van der Waals surface area (Å²) in [7, 11) is 0. The highest BCUT2D eigenvalue weighted by Gasteiger charge is 2.26. The Morgan fingerprint density at radius 3 is 2.53 bits per heavy atom. The number of rotatable bonds is 7. The number of ether oxygens (including phenoxy) is 3. The van der Waals surface area contributed by atoms with Crippen molar-refractivity contribution in [2.75, 3.05) is 13.2 Å². The van der Waals surface area contributed by atoms with Crippen molar-refractivity contribution in [1.29, 1.82) is 0 Å². The van der Waals surface area contributed by atoms with E-state index in [2.05, 4.69) is 32.6 Å². The monoisotopic (exact) mass is 598 g/mol. The maximum atomic E-state index is 13.3. The van der Waals surface area contributed by atoms with Crippen molar-refractivity contribution in [1.82, 2.24) is 9.97 Å². The summed E-state index contributed by atoms with van der Waals surface area (Å²) in [5, 5.41) is 0.779. The van der Waals surface area contributed by atoms with Crippen molar-refractivity contribution in [2.45, 2.75) is 32.0 Å². The van der Waals surface area contributed by atoms with Crippen LogP contribution in [0.3, 0.4) is 0 Å². The van der Waals surface area contributed by atoms with Crippen LogP contribution in [0.2, 0.25) is 0 Å². The van der Waals surface area contributed by atoms with Gasteiger partial charge >= 0.3 is 5.97 Å². The molecule has 36 heavy (non-hydrogen) atoms. The van der Waals surface area contributed by atoms with E-state index in [0.29, 0.717) is 47.4 Å². The van der Waals surface area contributed by atoms with E-state index < -0.39 is 5.97 Å². The number of benzene rings is 2. The van der Waals surface area contributed by atoms with Gasteiger partial charge in [0.05, 0.1) is 13.2 Å². The fourth-order valence-corrected chi connectivity index (χ4v) is 4.76. The summed E-state index contributed by atoms with van der Waals surface area (Å²) in [6, 6.07) is 18.1. The first-order chi connectivity index (χ1) is 17.6. The molecule has 2 aromatic carbocycles. The average Bonchev–Trinajstić information content (AvgIpc) is 2.90. The Balaban J connectivity index is 1.50. The molecule has 6 nitrogen and oxygen atoms in total. The predicted molar refractivity (Wildman–Crippen MR) is 141 cm³/mol. The minimum atomic E-state index is -0.526. The van der Waals surface area contributed by atoms with Crippen molar-refractivity contribution in [2.24, 2.45) is 0 Å². The zero-order valence-electron chi connectivity index (χ0n) is 19.5. The number of esters is 1. The summed E-state index contributed by atoms with van der Waals surface area (Å²) in [5.74, 6) is -0.490. The number of pyridine rings is 2. The molecule has 1 fully saturated rings. The molecule has 0 saturated carbocycles. The van der Waals surface area contributed by atoms with Crippen molar-refractivity contribution in [3.63, 3.8) is 0 Å². The van der Waals surface area contributed by atoms with Crippen LogP contribution in [-0.4, -0.2) is 35.3 Å². The van der Waals surface area contributed by atoms with Crippen LogP contribution in [0.5, 0.6) is 5.75 Å². The van der Waals surface area contributed by atoms with Crippen LogP contribution in [0.25, 0.3) is 10.9 Å². The largest absolute Gasteiger partial charge is 0.484 e. The summed E-state index contributed by atoms with van der Waals surface area (Å²) in [4.78, 5) is 22.5. The van der Waals surface area contributed by atoms with Gasteiger partial charge in [0.1, 0.15) is 27.7 Å². The molecule has 4 aromatic rings. The second-order valence-electron chi connectivity index (χ2n) is 8.61. The van der Waals surface area contributed by atoms with Gasteiger partial charge in [0.15, 0.2) is 11.4 Å². The first-order valence-electron chi connectivity index (χ1n) is 11.7. The fourth-order valence-electron chi connectivity index (χ4n) is 4.11. The lowest BCUT2D eigenvalue weighted by Crippen LogP contribution is -2.27. The Hall–Kier alpha value is -3.11. The van der Waals surface area contributed by atoms with E-state index >= 15 is 0 Å². The minimum Gasteiger partial charge on any atom is -0.484 e. The second-order valence-corrected chi connectivity index (χ2v) is 9.64. The van der Waals surface area contributed by atoms with E-state index in [1.807, 2.05) is 36.4 Å². The number of carbonyl (C=O) groups is 1. The van der Waals surface area contributed by atoms with Gasteiger partial charge < -0.3 is 14.2 Å². The number of aromatic nitrogens is 2. The molecule has 0 unspecified atom stereocenters. The maximum Gasteiger partial charge on any atom is 0.361 e. The van der Waals surface area contributed by atoms with E-state index in [-0.39, 0.29) is 24.2 Å². The summed E-state index contributed by atoms with van der Waals surface area (Å²) in [6.07, 6.45) is 3.44. The molecular formula is C28H24FIN2O4. The van der Waals surface area contributed by atoms with Crippen LogP contribution in [0.4, 0.5) is 4.39 Å². The van der Waals surface area contributed by atoms with Gasteiger partial charge in [0.25, 0.3) is 0 Å². The topological polar surface area (TPSA) is 70.5 Å². The van der Waals surface area contributed by atoms with Gasteiger partial charge in [-0.2, -0.15) is 0 Å². The Morgan fingerprint density at radius 2 is 1.78 bits per heavy atom. The highest BCUT2D eigenvalue weighted by molar-refractivity contribution is 14.1. The van der Waals surface area contributed by atoms with Crippen LogP contribution in [0, 0.1) is 9.52 Å². The van der Waals surface area contributed by atoms with Crippen LogP contribution in [0.1, 0.15) is 40.0 Å². The molecule has 1 saturated heterocycles. The molecule has 0 amide bonds. The third kappa shape index (κ3) is 5.82. The molecule has 5 rings (SSSR count). The molecular weight excluding hydrogens is 574 g/mol. The molecule has 0 atom stereocenters. The molecule has 0 spiro atoms. The molecule has 0 aliphatic carbocycles. The van der Waals surface area contributed by atoms with Crippen molar-refractivity contribution in [3.8, 4) is 5.75 Å². The third-order valence-corrected chi connectivity index (χ3v) is 6.81. The molecule has 1 aliphatic heterocycles. The zero-order chi connectivity index (χ0) is 24.9. The highest BCUT2D eigenvalue weighted by Crippen LogP contribution is 2.32. The third-order valence-electron chi connectivity index (χ3n) is 5.99. The molecule has 0 bridgehead atoms. The predicted octanol–water partition coefficient (Wildman–Crippen LogP) is 5.88. The van der Waals surface area contributed by atoms with E-state index in [9.17, 15) is 9.18 Å². The number of carbonyl (C=O) groups excluding carboxylic acids is 1. The molecule has 3 heterocycles. The molecule has 2 aromatic heterocycles. The molecule has 0 radical (unpaired) electrons. The van der Waals surface area contributed by atoms with Gasteiger partial charge in [-0.05, 0) is 63.9 Å². The number of fused-ring (bicyclic) bond motifs is 1. The van der Waals surface area contributed by atoms with E-state index in [0.717, 1.165) is 22.1 Å². The lowest BCUT2D eigenvalue weighted by atomic mass is 10.0. The quantitative estimate of drug-likeness (QED) is 0.150. The number of nitrogens with zero attached hydrogens (tertiary/aromatic N) is 2. The van der Waals surface area contributed by atoms with Crippen LogP contribution in [-0.2, 0) is 22.5 Å².